The van der Waals surface area contributed by atoms with E-state index in [-0.39, 0.29) is 24.3 Å². The summed E-state index contributed by atoms with van der Waals surface area (Å²) in [4.78, 5) is 39.4. The molecule has 0 radical (unpaired) electrons. The summed E-state index contributed by atoms with van der Waals surface area (Å²) >= 11 is 0. The van der Waals surface area contributed by atoms with Gasteiger partial charge >= 0.3 is 5.97 Å². The second-order valence-corrected chi connectivity index (χ2v) is 6.71. The van der Waals surface area contributed by atoms with Crippen molar-refractivity contribution in [1.82, 2.24) is 4.98 Å². The standard InChI is InChI=1S/C23H21N3O7/c1-3-32-23(28)17-10-16(11-19(12-17)26(29)30)22(27)25-18-4-5-20(31-2)21(13-18)33-14-15-6-8-24-9-7-15/h4-13H,3,14H2,1-2H3,(H,25,27). The fraction of sp³-hybridized carbons (Fsp3) is 0.174. The summed E-state index contributed by atoms with van der Waals surface area (Å²) in [5.41, 5.74) is 0.704. The largest absolute Gasteiger partial charge is 0.493 e. The molecule has 3 aromatic rings. The summed E-state index contributed by atoms with van der Waals surface area (Å²) in [5.74, 6) is -0.554. The van der Waals surface area contributed by atoms with Crippen molar-refractivity contribution in [2.24, 2.45) is 0 Å². The third-order valence-corrected chi connectivity index (χ3v) is 4.47. The first kappa shape index (κ1) is 23.2. The summed E-state index contributed by atoms with van der Waals surface area (Å²) in [5, 5.41) is 13.9. The topological polar surface area (TPSA) is 130 Å². The monoisotopic (exact) mass is 451 g/mol. The fourth-order valence-corrected chi connectivity index (χ4v) is 2.89. The number of carbonyl (C=O) groups is 2. The first-order valence-electron chi connectivity index (χ1n) is 9.89. The number of ether oxygens (including phenoxy) is 3. The van der Waals surface area contributed by atoms with E-state index in [9.17, 15) is 19.7 Å². The summed E-state index contributed by atoms with van der Waals surface area (Å²) in [6.07, 6.45) is 3.30. The molecule has 0 spiro atoms. The van der Waals surface area contributed by atoms with Gasteiger partial charge < -0.3 is 19.5 Å². The lowest BCUT2D eigenvalue weighted by Gasteiger charge is -2.13. The van der Waals surface area contributed by atoms with Crippen molar-refractivity contribution >= 4 is 23.3 Å². The number of carbonyl (C=O) groups excluding carboxylic acids is 2. The lowest BCUT2D eigenvalue weighted by atomic mass is 10.1. The van der Waals surface area contributed by atoms with E-state index in [4.69, 9.17) is 14.2 Å². The lowest BCUT2D eigenvalue weighted by Crippen LogP contribution is -2.14. The van der Waals surface area contributed by atoms with Crippen LogP contribution in [0.5, 0.6) is 11.5 Å². The number of anilines is 1. The SMILES string of the molecule is CCOC(=O)c1cc(C(=O)Nc2ccc(OC)c(OCc3ccncc3)c2)cc([N+](=O)[O-])c1. The van der Waals surface area contributed by atoms with Crippen LogP contribution in [-0.4, -0.2) is 35.5 Å². The quantitative estimate of drug-likeness (QED) is 0.293. The molecule has 1 N–H and O–H groups in total. The van der Waals surface area contributed by atoms with Crippen LogP contribution in [0, 0.1) is 10.1 Å². The second-order valence-electron chi connectivity index (χ2n) is 6.71. The van der Waals surface area contributed by atoms with Crippen LogP contribution in [0.4, 0.5) is 11.4 Å². The molecular weight excluding hydrogens is 430 g/mol. The van der Waals surface area contributed by atoms with Gasteiger partial charge in [-0.15, -0.1) is 0 Å². The zero-order valence-corrected chi connectivity index (χ0v) is 17.9. The first-order valence-corrected chi connectivity index (χ1v) is 9.89. The molecule has 1 amide bonds. The van der Waals surface area contributed by atoms with Gasteiger partial charge in [0.1, 0.15) is 6.61 Å². The highest BCUT2D eigenvalue weighted by molar-refractivity contribution is 6.06. The molecule has 0 bridgehead atoms. The minimum absolute atomic E-state index is 0.0673. The zero-order chi connectivity index (χ0) is 23.8. The Balaban J connectivity index is 1.83. The fourth-order valence-electron chi connectivity index (χ4n) is 2.89. The van der Waals surface area contributed by atoms with Crippen molar-refractivity contribution in [3.8, 4) is 11.5 Å². The van der Waals surface area contributed by atoms with E-state index in [0.29, 0.717) is 17.2 Å². The van der Waals surface area contributed by atoms with E-state index in [1.165, 1.54) is 13.2 Å². The van der Waals surface area contributed by atoms with Crippen LogP contribution in [0.3, 0.4) is 0 Å². The van der Waals surface area contributed by atoms with Crippen LogP contribution < -0.4 is 14.8 Å². The summed E-state index contributed by atoms with van der Waals surface area (Å²) in [7, 11) is 1.49. The number of nitrogens with one attached hydrogen (secondary N) is 1. The van der Waals surface area contributed by atoms with Gasteiger partial charge in [-0.2, -0.15) is 0 Å². The van der Waals surface area contributed by atoms with Gasteiger partial charge in [-0.3, -0.25) is 19.9 Å². The van der Waals surface area contributed by atoms with Gasteiger partial charge in [0.15, 0.2) is 11.5 Å². The van der Waals surface area contributed by atoms with Crippen LogP contribution in [-0.2, 0) is 11.3 Å². The Labute approximate surface area is 189 Å². The molecule has 170 valence electrons. The van der Waals surface area contributed by atoms with Gasteiger partial charge in [-0.25, -0.2) is 4.79 Å². The van der Waals surface area contributed by atoms with Gasteiger partial charge in [0.2, 0.25) is 0 Å². The van der Waals surface area contributed by atoms with Gasteiger partial charge in [0, 0.05) is 41.8 Å². The Hall–Kier alpha value is -4.47. The number of methoxy groups -OCH3 is 1. The number of nitrogens with zero attached hydrogens (tertiary/aromatic N) is 2. The molecule has 10 heteroatoms. The Morgan fingerprint density at radius 1 is 1.03 bits per heavy atom. The van der Waals surface area contributed by atoms with E-state index < -0.39 is 22.5 Å². The van der Waals surface area contributed by atoms with Gasteiger partial charge in [-0.1, -0.05) is 0 Å². The number of nitro groups is 1. The number of esters is 1. The second kappa shape index (κ2) is 10.7. The highest BCUT2D eigenvalue weighted by atomic mass is 16.6. The molecule has 0 saturated carbocycles. The molecule has 0 fully saturated rings. The molecule has 3 rings (SSSR count). The number of aromatic nitrogens is 1. The molecule has 33 heavy (non-hydrogen) atoms. The highest BCUT2D eigenvalue weighted by Crippen LogP contribution is 2.31. The van der Waals surface area contributed by atoms with Crippen molar-refractivity contribution in [2.45, 2.75) is 13.5 Å². The van der Waals surface area contributed by atoms with Crippen molar-refractivity contribution < 1.29 is 28.7 Å². The van der Waals surface area contributed by atoms with Gasteiger partial charge in [0.05, 0.1) is 24.2 Å². The Kier molecular flexibility index (Phi) is 7.53. The maximum Gasteiger partial charge on any atom is 0.338 e. The van der Waals surface area contributed by atoms with Crippen molar-refractivity contribution in [3.05, 3.63) is 87.7 Å². The molecule has 0 aliphatic carbocycles. The van der Waals surface area contributed by atoms with E-state index in [2.05, 4.69) is 10.3 Å². The number of hydrogen-bond donors (Lipinski definition) is 1. The molecule has 0 aliphatic rings. The normalized spacial score (nSPS) is 10.2. The van der Waals surface area contributed by atoms with Crippen LogP contribution in [0.15, 0.2) is 60.9 Å². The highest BCUT2D eigenvalue weighted by Gasteiger charge is 2.19. The molecule has 2 aromatic carbocycles. The maximum absolute atomic E-state index is 12.8. The minimum atomic E-state index is -0.758. The number of non-ortho nitro benzene ring substituents is 1. The number of nitro benzene ring substituents is 1. The van der Waals surface area contributed by atoms with Crippen molar-refractivity contribution in [1.29, 1.82) is 0 Å². The average Bonchev–Trinajstić information content (AvgIpc) is 2.83. The molecule has 0 atom stereocenters. The number of amides is 1. The van der Waals surface area contributed by atoms with Crippen molar-refractivity contribution in [2.75, 3.05) is 19.0 Å². The molecule has 1 heterocycles. The number of benzene rings is 2. The predicted molar refractivity (Wildman–Crippen MR) is 119 cm³/mol. The number of hydrogen-bond acceptors (Lipinski definition) is 8. The van der Waals surface area contributed by atoms with Crippen LogP contribution in [0.1, 0.15) is 33.2 Å². The molecule has 1 aromatic heterocycles. The molecule has 0 unspecified atom stereocenters. The average molecular weight is 451 g/mol. The number of pyridine rings is 1. The first-order chi connectivity index (χ1) is 15.9. The van der Waals surface area contributed by atoms with Crippen LogP contribution >= 0.6 is 0 Å². The third-order valence-electron chi connectivity index (χ3n) is 4.47. The van der Waals surface area contributed by atoms with Gasteiger partial charge in [0.25, 0.3) is 11.6 Å². The molecule has 10 nitrogen and oxygen atoms in total. The van der Waals surface area contributed by atoms with E-state index >= 15 is 0 Å². The third kappa shape index (κ3) is 6.03. The van der Waals surface area contributed by atoms with Gasteiger partial charge in [-0.05, 0) is 42.8 Å². The number of rotatable bonds is 9. The van der Waals surface area contributed by atoms with Crippen LogP contribution in [0.2, 0.25) is 0 Å². The summed E-state index contributed by atoms with van der Waals surface area (Å²) < 4.78 is 16.0. The lowest BCUT2D eigenvalue weighted by molar-refractivity contribution is -0.384. The smallest absolute Gasteiger partial charge is 0.338 e. The van der Waals surface area contributed by atoms with Crippen molar-refractivity contribution in [3.63, 3.8) is 0 Å². The summed E-state index contributed by atoms with van der Waals surface area (Å²) in [6, 6.07) is 11.8. The van der Waals surface area contributed by atoms with E-state index in [0.717, 1.165) is 17.7 Å². The van der Waals surface area contributed by atoms with Crippen LogP contribution in [0.25, 0.3) is 0 Å². The Morgan fingerprint density at radius 3 is 2.42 bits per heavy atom. The summed E-state index contributed by atoms with van der Waals surface area (Å²) in [6.45, 7) is 1.96. The Bertz CT molecular complexity index is 1170. The Morgan fingerprint density at radius 2 is 1.76 bits per heavy atom. The predicted octanol–water partition coefficient (Wildman–Crippen LogP) is 4.01. The molecule has 0 saturated heterocycles. The van der Waals surface area contributed by atoms with E-state index in [1.54, 1.807) is 37.5 Å². The maximum atomic E-state index is 12.8. The zero-order valence-electron chi connectivity index (χ0n) is 17.9. The molecule has 0 aliphatic heterocycles. The van der Waals surface area contributed by atoms with E-state index in [1.807, 2.05) is 12.1 Å². The minimum Gasteiger partial charge on any atom is -0.493 e. The molecular formula is C23H21N3O7.